The fourth-order valence-corrected chi connectivity index (χ4v) is 3.37. The van der Waals surface area contributed by atoms with Crippen LogP contribution in [0.3, 0.4) is 0 Å². The molecule has 4 rings (SSSR count). The first kappa shape index (κ1) is 16.5. The molecule has 3 aromatic rings. The van der Waals surface area contributed by atoms with E-state index < -0.39 is 0 Å². The van der Waals surface area contributed by atoms with Gasteiger partial charge >= 0.3 is 0 Å². The van der Waals surface area contributed by atoms with Crippen LogP contribution in [0.15, 0.2) is 83.9 Å². The summed E-state index contributed by atoms with van der Waals surface area (Å²) in [5, 5.41) is 0. The van der Waals surface area contributed by atoms with E-state index in [-0.39, 0.29) is 5.56 Å². The first-order chi connectivity index (χ1) is 12.8. The van der Waals surface area contributed by atoms with Gasteiger partial charge in [-0.3, -0.25) is 19.2 Å². The van der Waals surface area contributed by atoms with Crippen molar-refractivity contribution in [1.29, 1.82) is 0 Å². The fraction of sp³-hybridized carbons (Fsp3) is 0.182. The molecular weight excluding hydrogens is 322 g/mol. The fourth-order valence-electron chi connectivity index (χ4n) is 3.37. The molecule has 0 spiro atoms. The zero-order valence-corrected chi connectivity index (χ0v) is 14.6. The molecule has 0 N–H and O–H groups in total. The van der Waals surface area contributed by atoms with Crippen molar-refractivity contribution in [2.24, 2.45) is 0 Å². The van der Waals surface area contributed by atoms with Gasteiger partial charge in [0, 0.05) is 37.7 Å². The van der Waals surface area contributed by atoms with Crippen LogP contribution < -0.4 is 5.56 Å². The van der Waals surface area contributed by atoms with Gasteiger partial charge in [-0.1, -0.05) is 42.5 Å². The summed E-state index contributed by atoms with van der Waals surface area (Å²) < 4.78 is 1.77. The van der Waals surface area contributed by atoms with Crippen LogP contribution in [0, 0.1) is 0 Å². The number of hydrogen-bond acceptors (Lipinski definition) is 3. The van der Waals surface area contributed by atoms with Crippen LogP contribution in [0.4, 0.5) is 0 Å². The molecule has 130 valence electrons. The number of nitrogens with zero attached hydrogens (tertiary/aromatic N) is 3. The molecule has 4 nitrogen and oxygen atoms in total. The van der Waals surface area contributed by atoms with E-state index in [2.05, 4.69) is 40.2 Å². The summed E-state index contributed by atoms with van der Waals surface area (Å²) in [4.78, 5) is 19.7. The van der Waals surface area contributed by atoms with E-state index >= 15 is 0 Å². The Balaban J connectivity index is 1.60. The molecule has 0 unspecified atom stereocenters. The average molecular weight is 343 g/mol. The SMILES string of the molecule is O=c1c(-c2ccccn2)cccn1C1=CCCN(Cc2ccccc2)C1. The Morgan fingerprint density at radius 2 is 1.81 bits per heavy atom. The number of hydrogen-bond donors (Lipinski definition) is 0. The quantitative estimate of drug-likeness (QED) is 0.726. The maximum atomic E-state index is 13.0. The maximum absolute atomic E-state index is 13.0. The lowest BCUT2D eigenvalue weighted by Crippen LogP contribution is -2.33. The van der Waals surface area contributed by atoms with Crippen molar-refractivity contribution < 1.29 is 0 Å². The summed E-state index contributed by atoms with van der Waals surface area (Å²) in [6, 6.07) is 19.8. The van der Waals surface area contributed by atoms with Crippen molar-refractivity contribution >= 4 is 5.70 Å². The number of benzene rings is 1. The van der Waals surface area contributed by atoms with Gasteiger partial charge in [0.05, 0.1) is 11.3 Å². The van der Waals surface area contributed by atoms with Gasteiger partial charge in [-0.2, -0.15) is 0 Å². The van der Waals surface area contributed by atoms with Gasteiger partial charge in [-0.25, -0.2) is 0 Å². The molecule has 1 aliphatic rings. The molecule has 2 aromatic heterocycles. The topological polar surface area (TPSA) is 38.1 Å². The van der Waals surface area contributed by atoms with Gasteiger partial charge in [0.2, 0.25) is 0 Å². The summed E-state index contributed by atoms with van der Waals surface area (Å²) in [7, 11) is 0. The van der Waals surface area contributed by atoms with E-state index in [1.54, 1.807) is 10.8 Å². The van der Waals surface area contributed by atoms with Crippen LogP contribution in [0.1, 0.15) is 12.0 Å². The molecule has 0 saturated carbocycles. The lowest BCUT2D eigenvalue weighted by molar-refractivity contribution is 0.292. The molecule has 1 aromatic carbocycles. The highest BCUT2D eigenvalue weighted by Crippen LogP contribution is 2.18. The van der Waals surface area contributed by atoms with Gasteiger partial charge in [-0.15, -0.1) is 0 Å². The van der Waals surface area contributed by atoms with Crippen LogP contribution in [0.2, 0.25) is 0 Å². The maximum Gasteiger partial charge on any atom is 0.264 e. The normalized spacial score (nSPS) is 14.8. The summed E-state index contributed by atoms with van der Waals surface area (Å²) in [6.45, 7) is 2.67. The summed E-state index contributed by atoms with van der Waals surface area (Å²) in [5.74, 6) is 0. The smallest absolute Gasteiger partial charge is 0.264 e. The molecule has 4 heteroatoms. The van der Waals surface area contributed by atoms with E-state index in [0.29, 0.717) is 11.3 Å². The lowest BCUT2D eigenvalue weighted by Gasteiger charge is -2.28. The number of rotatable bonds is 4. The van der Waals surface area contributed by atoms with Crippen molar-refractivity contribution in [3.05, 3.63) is 95.1 Å². The molecule has 0 radical (unpaired) electrons. The third-order valence-corrected chi connectivity index (χ3v) is 4.66. The predicted molar refractivity (Wildman–Crippen MR) is 105 cm³/mol. The van der Waals surface area contributed by atoms with Crippen LogP contribution in [-0.2, 0) is 6.54 Å². The highest BCUT2D eigenvalue weighted by atomic mass is 16.1. The van der Waals surface area contributed by atoms with Gasteiger partial charge in [0.15, 0.2) is 0 Å². The minimum absolute atomic E-state index is 0.0148. The Morgan fingerprint density at radius 3 is 2.62 bits per heavy atom. The first-order valence-corrected chi connectivity index (χ1v) is 8.90. The van der Waals surface area contributed by atoms with Gasteiger partial charge in [-0.05, 0) is 36.2 Å². The van der Waals surface area contributed by atoms with E-state index in [1.807, 2.05) is 42.6 Å². The largest absolute Gasteiger partial charge is 0.293 e. The Morgan fingerprint density at radius 1 is 0.962 bits per heavy atom. The van der Waals surface area contributed by atoms with E-state index in [1.165, 1.54) is 5.56 Å². The molecule has 0 atom stereocenters. The molecule has 0 amide bonds. The molecule has 1 aliphatic heterocycles. The Hall–Kier alpha value is -2.98. The van der Waals surface area contributed by atoms with Gasteiger partial charge in [0.25, 0.3) is 5.56 Å². The molecular formula is C22H21N3O. The van der Waals surface area contributed by atoms with E-state index in [0.717, 1.165) is 31.8 Å². The van der Waals surface area contributed by atoms with Crippen molar-refractivity contribution in [2.75, 3.05) is 13.1 Å². The Labute approximate surface area is 153 Å². The highest BCUT2D eigenvalue weighted by Gasteiger charge is 2.16. The van der Waals surface area contributed by atoms with Crippen molar-refractivity contribution in [3.63, 3.8) is 0 Å². The van der Waals surface area contributed by atoms with Crippen molar-refractivity contribution in [3.8, 4) is 11.3 Å². The van der Waals surface area contributed by atoms with E-state index in [9.17, 15) is 4.79 Å². The predicted octanol–water partition coefficient (Wildman–Crippen LogP) is 3.66. The Bertz CT molecular complexity index is 961. The van der Waals surface area contributed by atoms with Crippen molar-refractivity contribution in [2.45, 2.75) is 13.0 Å². The molecule has 0 fully saturated rings. The second-order valence-corrected chi connectivity index (χ2v) is 6.49. The average Bonchev–Trinajstić information content (AvgIpc) is 2.70. The molecule has 3 heterocycles. The van der Waals surface area contributed by atoms with Crippen LogP contribution in [0.25, 0.3) is 17.0 Å². The Kier molecular flexibility index (Phi) is 4.75. The molecule has 0 aliphatic carbocycles. The lowest BCUT2D eigenvalue weighted by atomic mass is 10.1. The third kappa shape index (κ3) is 3.51. The minimum atomic E-state index is -0.0148. The van der Waals surface area contributed by atoms with E-state index in [4.69, 9.17) is 0 Å². The summed E-state index contributed by atoms with van der Waals surface area (Å²) in [6.07, 6.45) is 6.69. The minimum Gasteiger partial charge on any atom is -0.293 e. The molecule has 0 bridgehead atoms. The van der Waals surface area contributed by atoms with Crippen molar-refractivity contribution in [1.82, 2.24) is 14.5 Å². The summed E-state index contributed by atoms with van der Waals surface area (Å²) in [5.41, 5.74) is 3.66. The van der Waals surface area contributed by atoms with Gasteiger partial charge in [0.1, 0.15) is 0 Å². The van der Waals surface area contributed by atoms with Gasteiger partial charge < -0.3 is 0 Å². The monoisotopic (exact) mass is 343 g/mol. The highest BCUT2D eigenvalue weighted by molar-refractivity contribution is 5.60. The molecule has 26 heavy (non-hydrogen) atoms. The zero-order chi connectivity index (χ0) is 17.8. The van der Waals surface area contributed by atoms with Crippen LogP contribution >= 0.6 is 0 Å². The standard InChI is InChI=1S/C22H21N3O/c26-22-20(21-12-4-5-13-23-21)11-7-15-25(22)19-10-6-14-24(17-19)16-18-8-2-1-3-9-18/h1-5,7-13,15H,6,14,16-17H2. The van der Waals surface area contributed by atoms with Crippen LogP contribution in [-0.4, -0.2) is 27.5 Å². The number of aromatic nitrogens is 2. The first-order valence-electron chi connectivity index (χ1n) is 8.90. The zero-order valence-electron chi connectivity index (χ0n) is 14.6. The molecule has 0 saturated heterocycles. The number of pyridine rings is 2. The summed E-state index contributed by atoms with van der Waals surface area (Å²) >= 11 is 0. The second-order valence-electron chi connectivity index (χ2n) is 6.49. The third-order valence-electron chi connectivity index (χ3n) is 4.66. The second kappa shape index (κ2) is 7.50. The van der Waals surface area contributed by atoms with Crippen LogP contribution in [0.5, 0.6) is 0 Å².